The van der Waals surface area contributed by atoms with Crippen LogP contribution in [0, 0.1) is 0 Å². The largest absolute Gasteiger partial charge is 0.382 e. The van der Waals surface area contributed by atoms with Crippen LogP contribution in [0.25, 0.3) is 0 Å². The molecule has 0 aliphatic rings. The molecule has 0 aliphatic heterocycles. The number of nitrogens with one attached hydrogen (secondary N) is 2. The van der Waals surface area contributed by atoms with E-state index in [1.807, 2.05) is 6.07 Å². The third-order valence-electron chi connectivity index (χ3n) is 3.64. The monoisotopic (exact) mass is 380 g/mol. The van der Waals surface area contributed by atoms with Gasteiger partial charge in [0, 0.05) is 11.1 Å². The summed E-state index contributed by atoms with van der Waals surface area (Å²) >= 11 is 1.07. The van der Waals surface area contributed by atoms with Gasteiger partial charge in [-0.1, -0.05) is 60.3 Å². The Hall–Kier alpha value is -3.39. The molecule has 0 spiro atoms. The number of aromatic nitrogens is 2. The highest BCUT2D eigenvalue weighted by Crippen LogP contribution is 2.18. The fourth-order valence-electron chi connectivity index (χ4n) is 2.27. The van der Waals surface area contributed by atoms with Gasteiger partial charge in [0.2, 0.25) is 0 Å². The second-order valence-electron chi connectivity index (χ2n) is 5.53. The van der Waals surface area contributed by atoms with Crippen molar-refractivity contribution in [3.05, 3.63) is 82.1 Å². The van der Waals surface area contributed by atoms with Crippen molar-refractivity contribution in [2.24, 2.45) is 0 Å². The predicted molar refractivity (Wildman–Crippen MR) is 105 cm³/mol. The number of ketones is 1. The summed E-state index contributed by atoms with van der Waals surface area (Å²) < 4.78 is 0. The van der Waals surface area contributed by atoms with Crippen molar-refractivity contribution in [1.29, 1.82) is 0 Å². The summed E-state index contributed by atoms with van der Waals surface area (Å²) in [5, 5.41) is 2.67. The zero-order valence-corrected chi connectivity index (χ0v) is 15.0. The molecular weight excluding hydrogens is 364 g/mol. The summed E-state index contributed by atoms with van der Waals surface area (Å²) in [6, 6.07) is 17.3. The third-order valence-corrected chi connectivity index (χ3v) is 4.51. The molecule has 8 heteroatoms. The van der Waals surface area contributed by atoms with Gasteiger partial charge in [-0.05, 0) is 12.1 Å². The van der Waals surface area contributed by atoms with Crippen LogP contribution in [0.15, 0.2) is 70.6 Å². The highest BCUT2D eigenvalue weighted by atomic mass is 32.2. The third kappa shape index (κ3) is 4.62. The summed E-state index contributed by atoms with van der Waals surface area (Å²) in [5.74, 6) is -0.572. The average molecular weight is 380 g/mol. The van der Waals surface area contributed by atoms with Crippen LogP contribution in [0.2, 0.25) is 0 Å². The van der Waals surface area contributed by atoms with E-state index in [1.165, 1.54) is 0 Å². The van der Waals surface area contributed by atoms with Crippen LogP contribution >= 0.6 is 11.8 Å². The molecule has 27 heavy (non-hydrogen) atoms. The van der Waals surface area contributed by atoms with Crippen LogP contribution in [0.1, 0.15) is 20.7 Å². The van der Waals surface area contributed by atoms with Crippen LogP contribution < -0.4 is 16.6 Å². The van der Waals surface area contributed by atoms with Crippen molar-refractivity contribution in [2.75, 3.05) is 16.8 Å². The first kappa shape index (κ1) is 18.4. The Kier molecular flexibility index (Phi) is 5.68. The van der Waals surface area contributed by atoms with E-state index in [9.17, 15) is 14.4 Å². The van der Waals surface area contributed by atoms with Gasteiger partial charge in [0.25, 0.3) is 11.5 Å². The number of aromatic amines is 1. The normalized spacial score (nSPS) is 10.4. The maximum atomic E-state index is 12.3. The van der Waals surface area contributed by atoms with E-state index in [0.717, 1.165) is 11.8 Å². The van der Waals surface area contributed by atoms with Crippen LogP contribution in [0.5, 0.6) is 0 Å². The van der Waals surface area contributed by atoms with E-state index in [-0.39, 0.29) is 28.2 Å². The molecule has 0 fully saturated rings. The Morgan fingerprint density at radius 1 is 1.00 bits per heavy atom. The van der Waals surface area contributed by atoms with Gasteiger partial charge in [0.05, 0.1) is 5.75 Å². The van der Waals surface area contributed by atoms with Gasteiger partial charge in [0.15, 0.2) is 16.8 Å². The standard InChI is InChI=1S/C19H16N4O3S/c20-16-15(21-17(25)13-9-5-2-6-10-13)18(26)23-19(22-16)27-11-14(24)12-7-3-1-4-8-12/h1-10H,11H2,(H,21,25)(H3,20,22,23,26). The lowest BCUT2D eigenvalue weighted by molar-refractivity contribution is 0.101. The summed E-state index contributed by atoms with van der Waals surface area (Å²) in [4.78, 5) is 43.2. The topological polar surface area (TPSA) is 118 Å². The Morgan fingerprint density at radius 3 is 2.19 bits per heavy atom. The number of H-pyrrole nitrogens is 1. The SMILES string of the molecule is Nc1nc(SCC(=O)c2ccccc2)[nH]c(=O)c1NC(=O)c1ccccc1. The minimum absolute atomic E-state index is 0.0942. The van der Waals surface area contributed by atoms with E-state index in [1.54, 1.807) is 54.6 Å². The first-order valence-electron chi connectivity index (χ1n) is 8.02. The van der Waals surface area contributed by atoms with Gasteiger partial charge in [-0.15, -0.1) is 0 Å². The van der Waals surface area contributed by atoms with Gasteiger partial charge >= 0.3 is 0 Å². The molecular formula is C19H16N4O3S. The van der Waals surface area contributed by atoms with E-state index < -0.39 is 11.5 Å². The molecule has 0 unspecified atom stereocenters. The maximum absolute atomic E-state index is 12.3. The molecule has 1 aromatic heterocycles. The van der Waals surface area contributed by atoms with Crippen molar-refractivity contribution in [2.45, 2.75) is 5.16 Å². The Balaban J connectivity index is 1.70. The lowest BCUT2D eigenvalue weighted by Crippen LogP contribution is -2.23. The van der Waals surface area contributed by atoms with Gasteiger partial charge in [-0.3, -0.25) is 19.4 Å². The van der Waals surface area contributed by atoms with Crippen LogP contribution in [0.4, 0.5) is 11.5 Å². The van der Waals surface area contributed by atoms with E-state index >= 15 is 0 Å². The first-order valence-corrected chi connectivity index (χ1v) is 9.00. The minimum Gasteiger partial charge on any atom is -0.382 e. The Labute approximate surface area is 159 Å². The van der Waals surface area contributed by atoms with E-state index in [4.69, 9.17) is 5.73 Å². The molecule has 0 radical (unpaired) electrons. The molecule has 0 atom stereocenters. The number of nitrogen functional groups attached to an aromatic ring is 1. The van der Waals surface area contributed by atoms with Gasteiger partial charge in [-0.2, -0.15) is 0 Å². The zero-order valence-electron chi connectivity index (χ0n) is 14.1. The lowest BCUT2D eigenvalue weighted by Gasteiger charge is -2.08. The summed E-state index contributed by atoms with van der Waals surface area (Å²) in [7, 11) is 0. The van der Waals surface area contributed by atoms with Crippen LogP contribution in [0.3, 0.4) is 0 Å². The number of nitrogens with two attached hydrogens (primary N) is 1. The number of thioether (sulfide) groups is 1. The lowest BCUT2D eigenvalue weighted by atomic mass is 10.2. The van der Waals surface area contributed by atoms with Gasteiger partial charge < -0.3 is 11.1 Å². The molecule has 4 N–H and O–H groups in total. The van der Waals surface area contributed by atoms with Crippen LogP contribution in [-0.4, -0.2) is 27.4 Å². The van der Waals surface area contributed by atoms with Crippen molar-refractivity contribution in [3.63, 3.8) is 0 Å². The fraction of sp³-hybridized carbons (Fsp3) is 0.0526. The molecule has 7 nitrogen and oxygen atoms in total. The molecule has 0 saturated carbocycles. The van der Waals surface area contributed by atoms with E-state index in [2.05, 4.69) is 15.3 Å². The molecule has 0 bridgehead atoms. The average Bonchev–Trinajstić information content (AvgIpc) is 2.70. The molecule has 2 aromatic carbocycles. The number of amides is 1. The highest BCUT2D eigenvalue weighted by Gasteiger charge is 2.15. The number of nitrogens with zero attached hydrogens (tertiary/aromatic N) is 1. The highest BCUT2D eigenvalue weighted by molar-refractivity contribution is 7.99. The quantitative estimate of drug-likeness (QED) is 0.344. The molecule has 0 aliphatic carbocycles. The number of anilines is 2. The molecule has 0 saturated heterocycles. The first-order chi connectivity index (χ1) is 13.0. The van der Waals surface area contributed by atoms with Gasteiger partial charge in [0.1, 0.15) is 5.69 Å². The van der Waals surface area contributed by atoms with Gasteiger partial charge in [-0.25, -0.2) is 4.98 Å². The summed E-state index contributed by atoms with van der Waals surface area (Å²) in [5.41, 5.74) is 6.09. The second kappa shape index (κ2) is 8.33. The molecule has 3 aromatic rings. The van der Waals surface area contributed by atoms with Crippen molar-refractivity contribution >= 4 is 35.0 Å². The molecule has 1 amide bonds. The number of hydrogen-bond donors (Lipinski definition) is 3. The molecule has 3 rings (SSSR count). The molecule has 136 valence electrons. The number of carbonyl (C=O) groups excluding carboxylic acids is 2. The number of rotatable bonds is 6. The minimum atomic E-state index is -0.582. The smallest absolute Gasteiger partial charge is 0.277 e. The van der Waals surface area contributed by atoms with Crippen LogP contribution in [-0.2, 0) is 0 Å². The van der Waals surface area contributed by atoms with Crippen molar-refractivity contribution < 1.29 is 9.59 Å². The predicted octanol–water partition coefficient (Wildman–Crippen LogP) is 2.58. The number of carbonyl (C=O) groups is 2. The maximum Gasteiger partial charge on any atom is 0.277 e. The number of Topliss-reactive ketones (excluding diaryl/α,β-unsaturated/α-hetero) is 1. The van der Waals surface area contributed by atoms with E-state index in [0.29, 0.717) is 11.1 Å². The number of benzene rings is 2. The molecule has 1 heterocycles. The second-order valence-corrected chi connectivity index (χ2v) is 6.49. The Morgan fingerprint density at radius 2 is 1.59 bits per heavy atom. The number of hydrogen-bond acceptors (Lipinski definition) is 6. The summed E-state index contributed by atoms with van der Waals surface area (Å²) in [6.45, 7) is 0. The fourth-order valence-corrected chi connectivity index (χ4v) is 3.04. The zero-order chi connectivity index (χ0) is 19.2. The van der Waals surface area contributed by atoms with Crippen molar-refractivity contribution in [1.82, 2.24) is 9.97 Å². The van der Waals surface area contributed by atoms with Crippen molar-refractivity contribution in [3.8, 4) is 0 Å². The Bertz CT molecular complexity index is 1020. The summed E-state index contributed by atoms with van der Waals surface area (Å²) in [6.07, 6.45) is 0.